The zero-order valence-electron chi connectivity index (χ0n) is 10.3. The number of ether oxygens (including phenoxy) is 1. The van der Waals surface area contributed by atoms with Gasteiger partial charge < -0.3 is 9.84 Å². The molecule has 0 bridgehead atoms. The van der Waals surface area contributed by atoms with Gasteiger partial charge in [0, 0.05) is 0 Å². The van der Waals surface area contributed by atoms with E-state index >= 15 is 0 Å². The third-order valence-electron chi connectivity index (χ3n) is 2.40. The molecule has 2 heteroatoms. The second kappa shape index (κ2) is 6.03. The Morgan fingerprint density at radius 1 is 1.00 bits per heavy atom. The van der Waals surface area contributed by atoms with E-state index in [0.717, 1.165) is 17.1 Å². The number of aliphatic hydroxyl groups excluding tert-OH is 1. The van der Waals surface area contributed by atoms with Crippen LogP contribution in [0.25, 0.3) is 6.08 Å². The molecule has 2 aromatic carbocycles. The summed E-state index contributed by atoms with van der Waals surface area (Å²) in [5, 5.41) is 9.20. The lowest BCUT2D eigenvalue weighted by Gasteiger charge is -2.06. The molecular formula is C16H16O2. The topological polar surface area (TPSA) is 29.5 Å². The summed E-state index contributed by atoms with van der Waals surface area (Å²) >= 11 is 0. The van der Waals surface area contributed by atoms with E-state index in [2.05, 4.69) is 0 Å². The molecular weight excluding hydrogens is 224 g/mol. The first-order valence-corrected chi connectivity index (χ1v) is 5.93. The van der Waals surface area contributed by atoms with Gasteiger partial charge in [-0.05, 0) is 36.8 Å². The zero-order valence-corrected chi connectivity index (χ0v) is 10.3. The molecule has 2 rings (SSSR count). The van der Waals surface area contributed by atoms with Crippen LogP contribution in [0.3, 0.4) is 0 Å². The van der Waals surface area contributed by atoms with Crippen molar-refractivity contribution in [1.82, 2.24) is 0 Å². The van der Waals surface area contributed by atoms with Crippen LogP contribution in [0.2, 0.25) is 0 Å². The van der Waals surface area contributed by atoms with Gasteiger partial charge in [0.25, 0.3) is 0 Å². The summed E-state index contributed by atoms with van der Waals surface area (Å²) in [5.41, 5.74) is 1.00. The third-order valence-corrected chi connectivity index (χ3v) is 2.40. The van der Waals surface area contributed by atoms with Crippen LogP contribution in [0.1, 0.15) is 12.5 Å². The predicted molar refractivity (Wildman–Crippen MR) is 73.7 cm³/mol. The van der Waals surface area contributed by atoms with E-state index in [1.165, 1.54) is 0 Å². The highest BCUT2D eigenvalue weighted by Gasteiger charge is 1.97. The standard InChI is InChI=1S/C16H16O2/c1-13(17)10-11-14-6-5-9-16(12-14)18-15-7-3-2-4-8-15/h2-13,17H,1H3/b11-10+. The van der Waals surface area contributed by atoms with E-state index in [9.17, 15) is 5.11 Å². The van der Waals surface area contributed by atoms with E-state index in [1.54, 1.807) is 13.0 Å². The second-order valence-corrected chi connectivity index (χ2v) is 4.09. The van der Waals surface area contributed by atoms with Crippen LogP contribution in [-0.4, -0.2) is 11.2 Å². The van der Waals surface area contributed by atoms with Crippen molar-refractivity contribution in [2.45, 2.75) is 13.0 Å². The summed E-state index contributed by atoms with van der Waals surface area (Å²) in [4.78, 5) is 0. The average molecular weight is 240 g/mol. The van der Waals surface area contributed by atoms with E-state index < -0.39 is 6.10 Å². The van der Waals surface area contributed by atoms with Gasteiger partial charge in [-0.3, -0.25) is 0 Å². The van der Waals surface area contributed by atoms with E-state index in [-0.39, 0.29) is 0 Å². The van der Waals surface area contributed by atoms with Crippen LogP contribution >= 0.6 is 0 Å². The van der Waals surface area contributed by atoms with Gasteiger partial charge in [-0.1, -0.05) is 42.5 Å². The predicted octanol–water partition coefficient (Wildman–Crippen LogP) is 3.87. The van der Waals surface area contributed by atoms with Crippen LogP contribution in [0.4, 0.5) is 0 Å². The van der Waals surface area contributed by atoms with E-state index in [4.69, 9.17) is 4.74 Å². The summed E-state index contributed by atoms with van der Waals surface area (Å²) < 4.78 is 5.73. The lowest BCUT2D eigenvalue weighted by Crippen LogP contribution is -1.91. The van der Waals surface area contributed by atoms with Crippen molar-refractivity contribution < 1.29 is 9.84 Å². The normalized spacial score (nSPS) is 12.6. The molecule has 2 aromatic rings. The summed E-state index contributed by atoms with van der Waals surface area (Å²) in [6, 6.07) is 17.4. The fourth-order valence-corrected chi connectivity index (χ4v) is 1.56. The smallest absolute Gasteiger partial charge is 0.128 e. The average Bonchev–Trinajstić information content (AvgIpc) is 2.38. The highest BCUT2D eigenvalue weighted by atomic mass is 16.5. The maximum Gasteiger partial charge on any atom is 0.128 e. The number of hydrogen-bond donors (Lipinski definition) is 1. The van der Waals surface area contributed by atoms with Crippen molar-refractivity contribution in [3.05, 3.63) is 66.2 Å². The van der Waals surface area contributed by atoms with E-state index in [0.29, 0.717) is 0 Å². The van der Waals surface area contributed by atoms with Crippen LogP contribution in [-0.2, 0) is 0 Å². The number of aliphatic hydroxyl groups is 1. The van der Waals surface area contributed by atoms with Gasteiger partial charge in [0.05, 0.1) is 6.10 Å². The van der Waals surface area contributed by atoms with Crippen molar-refractivity contribution in [3.8, 4) is 11.5 Å². The van der Waals surface area contributed by atoms with Crippen LogP contribution < -0.4 is 4.74 Å². The summed E-state index contributed by atoms with van der Waals surface area (Å²) in [5.74, 6) is 1.60. The number of para-hydroxylation sites is 1. The molecule has 1 atom stereocenters. The molecule has 0 heterocycles. The largest absolute Gasteiger partial charge is 0.457 e. The lowest BCUT2D eigenvalue weighted by atomic mass is 10.2. The Morgan fingerprint density at radius 3 is 2.44 bits per heavy atom. The zero-order chi connectivity index (χ0) is 12.8. The first kappa shape index (κ1) is 12.4. The fourth-order valence-electron chi connectivity index (χ4n) is 1.56. The monoisotopic (exact) mass is 240 g/mol. The minimum absolute atomic E-state index is 0.441. The molecule has 0 spiro atoms. The molecule has 92 valence electrons. The van der Waals surface area contributed by atoms with Gasteiger partial charge in [-0.25, -0.2) is 0 Å². The SMILES string of the molecule is CC(O)/C=C/c1cccc(Oc2ccccc2)c1. The summed E-state index contributed by atoms with van der Waals surface area (Å²) in [7, 11) is 0. The molecule has 0 amide bonds. The number of hydrogen-bond acceptors (Lipinski definition) is 2. The Labute approximate surface area is 107 Å². The Hall–Kier alpha value is -2.06. The van der Waals surface area contributed by atoms with Crippen LogP contribution in [0.15, 0.2) is 60.7 Å². The minimum atomic E-state index is -0.441. The molecule has 0 radical (unpaired) electrons. The Kier molecular flexibility index (Phi) is 4.15. The molecule has 2 nitrogen and oxygen atoms in total. The molecule has 18 heavy (non-hydrogen) atoms. The first-order chi connectivity index (χ1) is 8.74. The molecule has 0 saturated heterocycles. The summed E-state index contributed by atoms with van der Waals surface area (Å²) in [6.45, 7) is 1.72. The van der Waals surface area contributed by atoms with Crippen molar-refractivity contribution in [2.75, 3.05) is 0 Å². The molecule has 1 N–H and O–H groups in total. The van der Waals surface area contributed by atoms with Crippen molar-refractivity contribution >= 4 is 6.08 Å². The highest BCUT2D eigenvalue weighted by Crippen LogP contribution is 2.22. The van der Waals surface area contributed by atoms with E-state index in [1.807, 2.05) is 60.7 Å². The van der Waals surface area contributed by atoms with Crippen LogP contribution in [0.5, 0.6) is 11.5 Å². The third kappa shape index (κ3) is 3.75. The van der Waals surface area contributed by atoms with Crippen molar-refractivity contribution in [2.24, 2.45) is 0 Å². The molecule has 0 aliphatic heterocycles. The minimum Gasteiger partial charge on any atom is -0.457 e. The number of benzene rings is 2. The maximum absolute atomic E-state index is 9.20. The quantitative estimate of drug-likeness (QED) is 0.879. The van der Waals surface area contributed by atoms with Crippen molar-refractivity contribution in [3.63, 3.8) is 0 Å². The second-order valence-electron chi connectivity index (χ2n) is 4.09. The van der Waals surface area contributed by atoms with Gasteiger partial charge in [0.1, 0.15) is 11.5 Å². The Morgan fingerprint density at radius 2 is 1.72 bits per heavy atom. The molecule has 0 fully saturated rings. The molecule has 0 aliphatic carbocycles. The molecule has 0 aliphatic rings. The summed E-state index contributed by atoms with van der Waals surface area (Å²) in [6.07, 6.45) is 3.17. The molecule has 0 aromatic heterocycles. The van der Waals surface area contributed by atoms with Gasteiger partial charge in [0.2, 0.25) is 0 Å². The van der Waals surface area contributed by atoms with Gasteiger partial charge in [-0.15, -0.1) is 0 Å². The van der Waals surface area contributed by atoms with Gasteiger partial charge >= 0.3 is 0 Å². The maximum atomic E-state index is 9.20. The first-order valence-electron chi connectivity index (χ1n) is 5.93. The van der Waals surface area contributed by atoms with Crippen molar-refractivity contribution in [1.29, 1.82) is 0 Å². The number of rotatable bonds is 4. The lowest BCUT2D eigenvalue weighted by molar-refractivity contribution is 0.245. The molecule has 0 saturated carbocycles. The molecule has 1 unspecified atom stereocenters. The van der Waals surface area contributed by atoms with Gasteiger partial charge in [-0.2, -0.15) is 0 Å². The van der Waals surface area contributed by atoms with Gasteiger partial charge in [0.15, 0.2) is 0 Å². The highest BCUT2D eigenvalue weighted by molar-refractivity contribution is 5.52. The van der Waals surface area contributed by atoms with Crippen LogP contribution in [0, 0.1) is 0 Å². The fraction of sp³-hybridized carbons (Fsp3) is 0.125. The Balaban J connectivity index is 2.13. The Bertz CT molecular complexity index is 516.